The van der Waals surface area contributed by atoms with Crippen molar-refractivity contribution in [2.24, 2.45) is 0 Å². The second-order valence-corrected chi connectivity index (χ2v) is 3.57. The van der Waals surface area contributed by atoms with Gasteiger partial charge in [0.05, 0.1) is 6.61 Å². The average Bonchev–Trinajstić information content (AvgIpc) is 2.78. The summed E-state index contributed by atoms with van der Waals surface area (Å²) in [6.45, 7) is 1.50. The Morgan fingerprint density at radius 1 is 1.55 bits per heavy atom. The SMILES string of the molecule is CCOC(=O)COc1nc(-c2ccnc(F)c2)n(O)n1. The lowest BCUT2D eigenvalue weighted by Crippen LogP contribution is -2.15. The number of aromatic nitrogens is 4. The Kier molecular flexibility index (Phi) is 4.08. The van der Waals surface area contributed by atoms with Crippen molar-refractivity contribution < 1.29 is 23.9 Å². The van der Waals surface area contributed by atoms with E-state index in [4.69, 9.17) is 4.74 Å². The minimum atomic E-state index is -0.723. The van der Waals surface area contributed by atoms with E-state index < -0.39 is 11.9 Å². The molecule has 0 aliphatic carbocycles. The third-order valence-electron chi connectivity index (χ3n) is 2.18. The monoisotopic (exact) mass is 282 g/mol. The first-order valence-electron chi connectivity index (χ1n) is 5.66. The highest BCUT2D eigenvalue weighted by molar-refractivity contribution is 5.70. The van der Waals surface area contributed by atoms with Gasteiger partial charge in [-0.05, 0) is 13.0 Å². The summed E-state index contributed by atoms with van der Waals surface area (Å²) in [4.78, 5) is 18.7. The lowest BCUT2D eigenvalue weighted by molar-refractivity contribution is -0.145. The maximum atomic E-state index is 13.0. The van der Waals surface area contributed by atoms with Gasteiger partial charge in [-0.1, -0.05) is 9.94 Å². The number of carbonyl (C=O) groups excluding carboxylic acids is 1. The zero-order valence-corrected chi connectivity index (χ0v) is 10.5. The molecule has 106 valence electrons. The summed E-state index contributed by atoms with van der Waals surface area (Å²) >= 11 is 0. The number of nitrogens with zero attached hydrogens (tertiary/aromatic N) is 4. The summed E-state index contributed by atoms with van der Waals surface area (Å²) in [5.74, 6) is -1.34. The molecule has 0 fully saturated rings. The van der Waals surface area contributed by atoms with Crippen molar-refractivity contribution in [1.82, 2.24) is 19.9 Å². The minimum absolute atomic E-state index is 0.0369. The molecule has 0 unspecified atom stereocenters. The van der Waals surface area contributed by atoms with E-state index in [-0.39, 0.29) is 30.6 Å². The average molecular weight is 282 g/mol. The fourth-order valence-corrected chi connectivity index (χ4v) is 1.39. The molecule has 2 aromatic heterocycles. The van der Waals surface area contributed by atoms with Crippen molar-refractivity contribution in [3.05, 3.63) is 24.3 Å². The summed E-state index contributed by atoms with van der Waals surface area (Å²) in [5.41, 5.74) is 0.262. The molecular formula is C11H11FN4O4. The van der Waals surface area contributed by atoms with Crippen LogP contribution in [0.25, 0.3) is 11.4 Å². The maximum absolute atomic E-state index is 13.0. The van der Waals surface area contributed by atoms with Crippen LogP contribution in [0.1, 0.15) is 6.92 Å². The number of pyridine rings is 1. The number of ether oxygens (including phenoxy) is 2. The molecule has 8 nitrogen and oxygen atoms in total. The van der Waals surface area contributed by atoms with Gasteiger partial charge in [0.1, 0.15) is 0 Å². The van der Waals surface area contributed by atoms with Gasteiger partial charge in [0.15, 0.2) is 6.61 Å². The lowest BCUT2D eigenvalue weighted by Gasteiger charge is -2.00. The molecule has 0 saturated heterocycles. The van der Waals surface area contributed by atoms with Crippen molar-refractivity contribution in [3.63, 3.8) is 0 Å². The Hall–Kier alpha value is -2.71. The fraction of sp³-hybridized carbons (Fsp3) is 0.273. The second-order valence-electron chi connectivity index (χ2n) is 3.57. The number of hydrogen-bond acceptors (Lipinski definition) is 7. The standard InChI is InChI=1S/C11H11FN4O4/c1-2-19-9(17)6-20-11-14-10(16(18)15-11)7-3-4-13-8(12)5-7/h3-5,18H,2,6H2,1H3. The van der Waals surface area contributed by atoms with Gasteiger partial charge in [0.25, 0.3) is 0 Å². The van der Waals surface area contributed by atoms with Crippen LogP contribution in [-0.4, -0.2) is 44.3 Å². The minimum Gasteiger partial charge on any atom is -0.463 e. The lowest BCUT2D eigenvalue weighted by atomic mass is 10.2. The zero-order chi connectivity index (χ0) is 14.5. The molecule has 0 aliphatic rings. The number of rotatable bonds is 5. The van der Waals surface area contributed by atoms with Gasteiger partial charge in [-0.25, -0.2) is 9.78 Å². The third kappa shape index (κ3) is 3.19. The van der Waals surface area contributed by atoms with E-state index in [2.05, 4.69) is 19.8 Å². The van der Waals surface area contributed by atoms with Crippen molar-refractivity contribution in [2.45, 2.75) is 6.92 Å². The Morgan fingerprint density at radius 3 is 3.05 bits per heavy atom. The largest absolute Gasteiger partial charge is 0.463 e. The second kappa shape index (κ2) is 5.95. The van der Waals surface area contributed by atoms with Crippen LogP contribution in [0.5, 0.6) is 6.01 Å². The van der Waals surface area contributed by atoms with Gasteiger partial charge >= 0.3 is 12.0 Å². The predicted molar refractivity (Wildman–Crippen MR) is 62.5 cm³/mol. The van der Waals surface area contributed by atoms with E-state index in [0.717, 1.165) is 6.07 Å². The molecule has 20 heavy (non-hydrogen) atoms. The summed E-state index contributed by atoms with van der Waals surface area (Å²) in [6.07, 6.45) is 1.22. The number of carbonyl (C=O) groups is 1. The van der Waals surface area contributed by atoms with Gasteiger partial charge in [-0.3, -0.25) is 0 Å². The van der Waals surface area contributed by atoms with Crippen molar-refractivity contribution in [2.75, 3.05) is 13.2 Å². The molecule has 2 rings (SSSR count). The summed E-state index contributed by atoms with van der Waals surface area (Å²) < 4.78 is 22.6. The fourth-order valence-electron chi connectivity index (χ4n) is 1.39. The highest BCUT2D eigenvalue weighted by atomic mass is 19.1. The number of hydrogen-bond donors (Lipinski definition) is 1. The van der Waals surface area contributed by atoms with Crippen LogP contribution >= 0.6 is 0 Å². The molecule has 0 bridgehead atoms. The van der Waals surface area contributed by atoms with Crippen LogP contribution in [0.3, 0.4) is 0 Å². The van der Waals surface area contributed by atoms with Gasteiger partial charge in [0.2, 0.25) is 11.8 Å². The van der Waals surface area contributed by atoms with Gasteiger partial charge in [0, 0.05) is 17.8 Å². The zero-order valence-electron chi connectivity index (χ0n) is 10.5. The maximum Gasteiger partial charge on any atom is 0.344 e. The van der Waals surface area contributed by atoms with Crippen LogP contribution in [-0.2, 0) is 9.53 Å². The molecule has 0 spiro atoms. The molecule has 9 heteroatoms. The van der Waals surface area contributed by atoms with Gasteiger partial charge in [-0.2, -0.15) is 9.37 Å². The van der Waals surface area contributed by atoms with Crippen LogP contribution in [0.2, 0.25) is 0 Å². The van der Waals surface area contributed by atoms with Crippen LogP contribution in [0.15, 0.2) is 18.3 Å². The molecule has 0 amide bonds. The molecule has 0 aromatic carbocycles. The van der Waals surface area contributed by atoms with Crippen molar-refractivity contribution in [3.8, 4) is 17.4 Å². The van der Waals surface area contributed by atoms with Gasteiger partial charge < -0.3 is 14.7 Å². The quantitative estimate of drug-likeness (QED) is 0.488. The molecule has 0 aliphatic heterocycles. The van der Waals surface area contributed by atoms with E-state index in [0.29, 0.717) is 4.85 Å². The highest BCUT2D eigenvalue weighted by Crippen LogP contribution is 2.18. The van der Waals surface area contributed by atoms with Crippen LogP contribution in [0.4, 0.5) is 4.39 Å². The van der Waals surface area contributed by atoms with Crippen molar-refractivity contribution >= 4 is 5.97 Å². The van der Waals surface area contributed by atoms with E-state index in [1.165, 1.54) is 12.3 Å². The Labute approximate surface area is 112 Å². The Morgan fingerprint density at radius 2 is 2.35 bits per heavy atom. The topological polar surface area (TPSA) is 99.4 Å². The molecule has 0 atom stereocenters. The summed E-state index contributed by atoms with van der Waals surface area (Å²) in [7, 11) is 0. The molecule has 2 aromatic rings. The Bertz CT molecular complexity index is 616. The number of halogens is 1. The third-order valence-corrected chi connectivity index (χ3v) is 2.18. The summed E-state index contributed by atoms with van der Waals surface area (Å²) in [5, 5.41) is 13.1. The highest BCUT2D eigenvalue weighted by Gasteiger charge is 2.14. The smallest absolute Gasteiger partial charge is 0.344 e. The molecule has 0 radical (unpaired) electrons. The summed E-state index contributed by atoms with van der Waals surface area (Å²) in [6, 6.07) is 2.29. The first-order chi connectivity index (χ1) is 9.60. The van der Waals surface area contributed by atoms with E-state index in [1.807, 2.05) is 0 Å². The first-order valence-corrected chi connectivity index (χ1v) is 5.66. The predicted octanol–water partition coefficient (Wildman–Crippen LogP) is 0.658. The van der Waals surface area contributed by atoms with E-state index in [1.54, 1.807) is 6.92 Å². The Balaban J connectivity index is 2.12. The van der Waals surface area contributed by atoms with Crippen LogP contribution in [0, 0.1) is 5.95 Å². The van der Waals surface area contributed by atoms with Gasteiger partial charge in [-0.15, -0.1) is 0 Å². The normalized spacial score (nSPS) is 10.3. The van der Waals surface area contributed by atoms with Crippen LogP contribution < -0.4 is 4.74 Å². The molecule has 1 N–H and O–H groups in total. The number of esters is 1. The first kappa shape index (κ1) is 13.7. The molecule has 0 saturated carbocycles. The molecule has 2 heterocycles. The van der Waals surface area contributed by atoms with E-state index >= 15 is 0 Å². The van der Waals surface area contributed by atoms with Crippen molar-refractivity contribution in [1.29, 1.82) is 0 Å². The molecular weight excluding hydrogens is 271 g/mol. The van der Waals surface area contributed by atoms with E-state index in [9.17, 15) is 14.4 Å².